The summed E-state index contributed by atoms with van der Waals surface area (Å²) in [4.78, 5) is 10.2. The van der Waals surface area contributed by atoms with Crippen molar-refractivity contribution in [3.8, 4) is 0 Å². The number of hydrogen-bond acceptors (Lipinski definition) is 1. The number of aliphatic carboxylic acids is 1. The van der Waals surface area contributed by atoms with E-state index in [2.05, 4.69) is 15.9 Å². The first kappa shape index (κ1) is 12.1. The Kier molecular flexibility index (Phi) is 3.79. The van der Waals surface area contributed by atoms with Gasteiger partial charge in [0.1, 0.15) is 6.42 Å². The van der Waals surface area contributed by atoms with E-state index in [9.17, 15) is 13.6 Å². The van der Waals surface area contributed by atoms with Crippen LogP contribution in [0.5, 0.6) is 0 Å². The standard InChI is InChI=1S/C10H9BrF2O2/c11-8-3-1-7(2-4-8)5-10(12,13)6-9(14)15/h1-4H,5-6H2,(H,14,15). The molecule has 0 unspecified atom stereocenters. The molecule has 0 aliphatic rings. The van der Waals surface area contributed by atoms with Crippen molar-refractivity contribution in [2.75, 3.05) is 0 Å². The predicted molar refractivity (Wildman–Crippen MR) is 55.0 cm³/mol. The third kappa shape index (κ3) is 4.38. The van der Waals surface area contributed by atoms with E-state index < -0.39 is 24.7 Å². The molecule has 0 saturated carbocycles. The van der Waals surface area contributed by atoms with Gasteiger partial charge in [0, 0.05) is 10.9 Å². The highest BCUT2D eigenvalue weighted by molar-refractivity contribution is 9.10. The molecular formula is C10H9BrF2O2. The summed E-state index contributed by atoms with van der Waals surface area (Å²) >= 11 is 3.18. The minimum Gasteiger partial charge on any atom is -0.481 e. The van der Waals surface area contributed by atoms with Gasteiger partial charge >= 0.3 is 5.97 Å². The van der Waals surface area contributed by atoms with Crippen LogP contribution in [0, 0.1) is 0 Å². The SMILES string of the molecule is O=C(O)CC(F)(F)Cc1ccc(Br)cc1. The number of carbonyl (C=O) groups is 1. The highest BCUT2D eigenvalue weighted by atomic mass is 79.9. The molecule has 2 nitrogen and oxygen atoms in total. The molecule has 0 bridgehead atoms. The predicted octanol–water partition coefficient (Wildman–Crippen LogP) is 3.10. The minimum absolute atomic E-state index is 0.421. The van der Waals surface area contributed by atoms with Crippen molar-refractivity contribution in [2.24, 2.45) is 0 Å². The number of alkyl halides is 2. The highest BCUT2D eigenvalue weighted by Gasteiger charge is 2.32. The molecule has 1 aromatic rings. The number of carboxylic acid groups (broad SMARTS) is 1. The Morgan fingerprint density at radius 1 is 1.33 bits per heavy atom. The first-order valence-electron chi connectivity index (χ1n) is 4.23. The summed E-state index contributed by atoms with van der Waals surface area (Å²) in [5.74, 6) is -4.68. The molecule has 0 aliphatic carbocycles. The van der Waals surface area contributed by atoms with E-state index in [4.69, 9.17) is 5.11 Å². The fourth-order valence-electron chi connectivity index (χ4n) is 1.18. The molecule has 0 amide bonds. The fraction of sp³-hybridized carbons (Fsp3) is 0.300. The van der Waals surface area contributed by atoms with Crippen molar-refractivity contribution in [3.63, 3.8) is 0 Å². The number of carboxylic acids is 1. The van der Waals surface area contributed by atoms with Crippen molar-refractivity contribution in [2.45, 2.75) is 18.8 Å². The molecule has 0 heterocycles. The van der Waals surface area contributed by atoms with Crippen LogP contribution in [0.1, 0.15) is 12.0 Å². The number of hydrogen-bond donors (Lipinski definition) is 1. The number of halogens is 3. The smallest absolute Gasteiger partial charge is 0.309 e. The second-order valence-electron chi connectivity index (χ2n) is 3.23. The molecule has 0 atom stereocenters. The molecule has 0 saturated heterocycles. The summed E-state index contributed by atoms with van der Waals surface area (Å²) in [6.07, 6.45) is -1.68. The normalized spacial score (nSPS) is 11.4. The number of rotatable bonds is 4. The lowest BCUT2D eigenvalue weighted by Gasteiger charge is -2.13. The molecule has 0 aromatic heterocycles. The quantitative estimate of drug-likeness (QED) is 0.919. The van der Waals surface area contributed by atoms with Crippen LogP contribution in [0.2, 0.25) is 0 Å². The van der Waals surface area contributed by atoms with Gasteiger partial charge < -0.3 is 5.11 Å². The maximum Gasteiger partial charge on any atom is 0.309 e. The van der Waals surface area contributed by atoms with Crippen LogP contribution in [-0.2, 0) is 11.2 Å². The summed E-state index contributed by atoms with van der Waals surface area (Å²) < 4.78 is 26.9. The zero-order valence-corrected chi connectivity index (χ0v) is 9.30. The second-order valence-corrected chi connectivity index (χ2v) is 4.15. The van der Waals surface area contributed by atoms with Gasteiger partial charge in [0.15, 0.2) is 0 Å². The van der Waals surface area contributed by atoms with Gasteiger partial charge in [0.25, 0.3) is 5.92 Å². The van der Waals surface area contributed by atoms with Crippen molar-refractivity contribution in [1.82, 2.24) is 0 Å². The van der Waals surface area contributed by atoms with Gasteiger partial charge in [0.05, 0.1) is 0 Å². The molecular weight excluding hydrogens is 270 g/mol. The van der Waals surface area contributed by atoms with Crippen LogP contribution < -0.4 is 0 Å². The monoisotopic (exact) mass is 278 g/mol. The molecule has 1 rings (SSSR count). The molecule has 0 fully saturated rings. The van der Waals surface area contributed by atoms with Crippen molar-refractivity contribution >= 4 is 21.9 Å². The average Bonchev–Trinajstić information content (AvgIpc) is 2.06. The first-order chi connectivity index (χ1) is 6.89. The average molecular weight is 279 g/mol. The summed E-state index contributed by atoms with van der Waals surface area (Å²) in [5, 5.41) is 8.28. The van der Waals surface area contributed by atoms with Crippen LogP contribution in [0.15, 0.2) is 28.7 Å². The Balaban J connectivity index is 2.68. The minimum atomic E-state index is -3.19. The molecule has 1 N–H and O–H groups in total. The summed E-state index contributed by atoms with van der Waals surface area (Å²) in [5.41, 5.74) is 0.421. The van der Waals surface area contributed by atoms with E-state index in [0.717, 1.165) is 4.47 Å². The molecule has 0 spiro atoms. The van der Waals surface area contributed by atoms with Crippen LogP contribution in [0.25, 0.3) is 0 Å². The van der Waals surface area contributed by atoms with E-state index >= 15 is 0 Å². The second kappa shape index (κ2) is 4.70. The number of benzene rings is 1. The van der Waals surface area contributed by atoms with Crippen LogP contribution in [-0.4, -0.2) is 17.0 Å². The van der Waals surface area contributed by atoms with Gasteiger partial charge in [-0.15, -0.1) is 0 Å². The van der Waals surface area contributed by atoms with Crippen molar-refractivity contribution in [1.29, 1.82) is 0 Å². The Bertz CT molecular complexity index is 349. The lowest BCUT2D eigenvalue weighted by Crippen LogP contribution is -2.23. The Labute approximate surface area is 94.0 Å². The van der Waals surface area contributed by atoms with Crippen LogP contribution in [0.3, 0.4) is 0 Å². The molecule has 1 aromatic carbocycles. The maximum atomic E-state index is 13.1. The van der Waals surface area contributed by atoms with Gasteiger partial charge in [-0.25, -0.2) is 8.78 Å². The van der Waals surface area contributed by atoms with Crippen molar-refractivity contribution in [3.05, 3.63) is 34.3 Å². The van der Waals surface area contributed by atoms with E-state index in [1.165, 1.54) is 0 Å². The summed E-state index contributed by atoms with van der Waals surface area (Å²) in [6.45, 7) is 0. The maximum absolute atomic E-state index is 13.1. The lowest BCUT2D eigenvalue weighted by molar-refractivity contribution is -0.144. The van der Waals surface area contributed by atoms with Gasteiger partial charge in [-0.1, -0.05) is 28.1 Å². The lowest BCUT2D eigenvalue weighted by atomic mass is 10.1. The first-order valence-corrected chi connectivity index (χ1v) is 5.02. The third-order valence-electron chi connectivity index (χ3n) is 1.79. The van der Waals surface area contributed by atoms with Crippen LogP contribution >= 0.6 is 15.9 Å². The Hall–Kier alpha value is -0.970. The molecule has 5 heteroatoms. The van der Waals surface area contributed by atoms with E-state index in [1.807, 2.05) is 0 Å². The molecule has 0 radical (unpaired) electrons. The third-order valence-corrected chi connectivity index (χ3v) is 2.31. The Morgan fingerprint density at radius 3 is 2.33 bits per heavy atom. The highest BCUT2D eigenvalue weighted by Crippen LogP contribution is 2.24. The van der Waals surface area contributed by atoms with Gasteiger partial charge in [-0.05, 0) is 17.7 Å². The van der Waals surface area contributed by atoms with Crippen molar-refractivity contribution < 1.29 is 18.7 Å². The van der Waals surface area contributed by atoms with Gasteiger partial charge in [-0.3, -0.25) is 4.79 Å². The van der Waals surface area contributed by atoms with E-state index in [1.54, 1.807) is 24.3 Å². The van der Waals surface area contributed by atoms with Gasteiger partial charge in [-0.2, -0.15) is 0 Å². The summed E-state index contributed by atoms with van der Waals surface area (Å²) in [7, 11) is 0. The largest absolute Gasteiger partial charge is 0.481 e. The van der Waals surface area contributed by atoms with E-state index in [-0.39, 0.29) is 0 Å². The summed E-state index contributed by atoms with van der Waals surface area (Å²) in [6, 6.07) is 6.37. The van der Waals surface area contributed by atoms with Gasteiger partial charge in [0.2, 0.25) is 0 Å². The topological polar surface area (TPSA) is 37.3 Å². The van der Waals surface area contributed by atoms with Crippen LogP contribution in [0.4, 0.5) is 8.78 Å². The molecule has 0 aliphatic heterocycles. The molecule has 82 valence electrons. The fourth-order valence-corrected chi connectivity index (χ4v) is 1.45. The van der Waals surface area contributed by atoms with E-state index in [0.29, 0.717) is 5.56 Å². The Morgan fingerprint density at radius 2 is 1.87 bits per heavy atom. The zero-order chi connectivity index (χ0) is 11.5. The molecule has 15 heavy (non-hydrogen) atoms. The zero-order valence-electron chi connectivity index (χ0n) is 7.71.